The summed E-state index contributed by atoms with van der Waals surface area (Å²) in [5.74, 6) is 0.160. The minimum absolute atomic E-state index is 0. The highest BCUT2D eigenvalue weighted by Crippen LogP contribution is 2.27. The number of halogens is 1. The van der Waals surface area contributed by atoms with Gasteiger partial charge in [-0.05, 0) is 56.9 Å². The predicted octanol–water partition coefficient (Wildman–Crippen LogP) is 2.25. The van der Waals surface area contributed by atoms with E-state index in [1.807, 2.05) is 0 Å². The molecule has 0 spiro atoms. The predicted molar refractivity (Wildman–Crippen MR) is 97.7 cm³/mol. The van der Waals surface area contributed by atoms with Crippen LogP contribution in [0.2, 0.25) is 0 Å². The minimum Gasteiger partial charge on any atom is -0.327 e. The number of rotatable bonds is 6. The van der Waals surface area contributed by atoms with Crippen LogP contribution in [0.25, 0.3) is 0 Å². The van der Waals surface area contributed by atoms with Crippen molar-refractivity contribution in [3.63, 3.8) is 0 Å². The summed E-state index contributed by atoms with van der Waals surface area (Å²) >= 11 is 0. The highest BCUT2D eigenvalue weighted by atomic mass is 35.5. The molecule has 0 aromatic heterocycles. The van der Waals surface area contributed by atoms with Crippen LogP contribution >= 0.6 is 12.4 Å². The number of benzene rings is 1. The van der Waals surface area contributed by atoms with Gasteiger partial charge in [0.25, 0.3) is 0 Å². The van der Waals surface area contributed by atoms with E-state index in [0.29, 0.717) is 12.1 Å². The van der Waals surface area contributed by atoms with E-state index < -0.39 is 10.0 Å². The van der Waals surface area contributed by atoms with Crippen LogP contribution in [-0.4, -0.2) is 26.4 Å². The smallest absolute Gasteiger partial charge is 0.240 e. The summed E-state index contributed by atoms with van der Waals surface area (Å²) in [4.78, 5) is 12.2. The third-order valence-corrected chi connectivity index (χ3v) is 5.68. The molecule has 2 rings (SSSR count). The summed E-state index contributed by atoms with van der Waals surface area (Å²) in [5.41, 5.74) is 6.56. The van der Waals surface area contributed by atoms with Crippen molar-refractivity contribution in [2.24, 2.45) is 11.7 Å². The first-order chi connectivity index (χ1) is 10.8. The van der Waals surface area contributed by atoms with Crippen LogP contribution in [0.4, 0.5) is 5.69 Å². The normalized spacial score (nSPS) is 20.7. The van der Waals surface area contributed by atoms with Gasteiger partial charge in [-0.2, -0.15) is 0 Å². The van der Waals surface area contributed by atoms with E-state index >= 15 is 0 Å². The van der Waals surface area contributed by atoms with Gasteiger partial charge in [0.15, 0.2) is 0 Å². The van der Waals surface area contributed by atoms with Crippen LogP contribution in [0, 0.1) is 5.92 Å². The molecule has 1 aliphatic carbocycles. The van der Waals surface area contributed by atoms with Gasteiger partial charge >= 0.3 is 0 Å². The summed E-state index contributed by atoms with van der Waals surface area (Å²) < 4.78 is 26.6. The second-order valence-electron chi connectivity index (χ2n) is 6.41. The maximum atomic E-state index is 12.0. The molecule has 0 bridgehead atoms. The number of amides is 1. The van der Waals surface area contributed by atoms with Crippen LogP contribution < -0.4 is 15.8 Å². The fourth-order valence-corrected chi connectivity index (χ4v) is 4.12. The summed E-state index contributed by atoms with van der Waals surface area (Å²) in [6, 6.07) is 6.11. The van der Waals surface area contributed by atoms with Crippen LogP contribution in [0.3, 0.4) is 0 Å². The highest BCUT2D eigenvalue weighted by Gasteiger charge is 2.26. The van der Waals surface area contributed by atoms with E-state index in [1.54, 1.807) is 26.0 Å². The van der Waals surface area contributed by atoms with Crippen LogP contribution in [0.1, 0.15) is 39.5 Å². The Morgan fingerprint density at radius 2 is 1.88 bits per heavy atom. The number of anilines is 1. The zero-order valence-corrected chi connectivity index (χ0v) is 15.6. The largest absolute Gasteiger partial charge is 0.327 e. The number of nitrogens with one attached hydrogen (secondary N) is 2. The third kappa shape index (κ3) is 5.73. The number of nitrogens with two attached hydrogens (primary N) is 1. The maximum Gasteiger partial charge on any atom is 0.240 e. The molecule has 8 heteroatoms. The van der Waals surface area contributed by atoms with Crippen molar-refractivity contribution in [3.05, 3.63) is 24.3 Å². The molecule has 0 radical (unpaired) electrons. The van der Waals surface area contributed by atoms with Crippen LogP contribution in [-0.2, 0) is 14.8 Å². The Morgan fingerprint density at radius 1 is 1.25 bits per heavy atom. The van der Waals surface area contributed by atoms with Crippen molar-refractivity contribution >= 4 is 34.0 Å². The first-order valence-corrected chi connectivity index (χ1v) is 9.44. The lowest BCUT2D eigenvalue weighted by Gasteiger charge is -2.15. The average molecular weight is 376 g/mol. The molecular weight excluding hydrogens is 350 g/mol. The summed E-state index contributed by atoms with van der Waals surface area (Å²) in [6.07, 6.45) is 3.46. The number of hydrogen-bond acceptors (Lipinski definition) is 4. The Hall–Kier alpha value is -1.15. The molecule has 0 aliphatic heterocycles. The Labute approximate surface area is 150 Å². The fraction of sp³-hybridized carbons (Fsp3) is 0.562. The first-order valence-electron chi connectivity index (χ1n) is 7.96. The van der Waals surface area contributed by atoms with E-state index in [4.69, 9.17) is 5.73 Å². The molecule has 1 aliphatic rings. The summed E-state index contributed by atoms with van der Waals surface area (Å²) in [5, 5.41) is 2.80. The number of carbonyl (C=O) groups is 1. The summed E-state index contributed by atoms with van der Waals surface area (Å²) in [7, 11) is -3.51. The third-order valence-electron chi connectivity index (χ3n) is 4.00. The molecule has 24 heavy (non-hydrogen) atoms. The average Bonchev–Trinajstić information content (AvgIpc) is 2.83. The van der Waals surface area contributed by atoms with Gasteiger partial charge in [-0.25, -0.2) is 13.1 Å². The van der Waals surface area contributed by atoms with Gasteiger partial charge in [0.1, 0.15) is 0 Å². The van der Waals surface area contributed by atoms with E-state index in [0.717, 1.165) is 19.3 Å². The molecule has 0 unspecified atom stereocenters. The van der Waals surface area contributed by atoms with Crippen LogP contribution in [0.5, 0.6) is 0 Å². The second kappa shape index (κ2) is 8.80. The highest BCUT2D eigenvalue weighted by molar-refractivity contribution is 7.89. The van der Waals surface area contributed by atoms with Gasteiger partial charge in [-0.15, -0.1) is 12.4 Å². The fourth-order valence-electron chi connectivity index (χ4n) is 2.86. The van der Waals surface area contributed by atoms with Gasteiger partial charge in [-0.3, -0.25) is 4.79 Å². The standard InChI is InChI=1S/C16H25N3O3S.ClH/c1-11(2)19-23(21,22)14-8-6-13(7-9-14)18-16(20)10-12-4-3-5-15(12)17;/h6-9,11-12,15,19H,3-5,10,17H2,1-2H3,(H,18,20);1H/t12-,15+;/m0./s1. The lowest BCUT2D eigenvalue weighted by atomic mass is 10.00. The van der Waals surface area contributed by atoms with E-state index in [2.05, 4.69) is 10.0 Å². The SMILES string of the molecule is CC(C)NS(=O)(=O)c1ccc(NC(=O)C[C@@H]2CCC[C@H]2N)cc1.Cl. The molecule has 1 aromatic rings. The molecule has 1 amide bonds. The Kier molecular flexibility index (Phi) is 7.66. The number of sulfonamides is 1. The minimum atomic E-state index is -3.51. The quantitative estimate of drug-likeness (QED) is 0.709. The monoisotopic (exact) mass is 375 g/mol. The topological polar surface area (TPSA) is 101 Å². The molecule has 136 valence electrons. The van der Waals surface area contributed by atoms with Crippen molar-refractivity contribution in [3.8, 4) is 0 Å². The molecule has 0 saturated heterocycles. The molecule has 1 aromatic carbocycles. The van der Waals surface area contributed by atoms with Gasteiger partial charge in [0.05, 0.1) is 4.90 Å². The zero-order valence-electron chi connectivity index (χ0n) is 14.0. The van der Waals surface area contributed by atoms with E-state index in [1.165, 1.54) is 12.1 Å². The van der Waals surface area contributed by atoms with Crippen molar-refractivity contribution in [2.75, 3.05) is 5.32 Å². The molecule has 2 atom stereocenters. The molecule has 6 nitrogen and oxygen atoms in total. The Balaban J connectivity index is 0.00000288. The first kappa shape index (κ1) is 20.9. The van der Waals surface area contributed by atoms with Crippen molar-refractivity contribution < 1.29 is 13.2 Å². The summed E-state index contributed by atoms with van der Waals surface area (Å²) in [6.45, 7) is 3.53. The number of carbonyl (C=O) groups excluding carboxylic acids is 1. The zero-order chi connectivity index (χ0) is 17.0. The van der Waals surface area contributed by atoms with Crippen molar-refractivity contribution in [1.82, 2.24) is 4.72 Å². The van der Waals surface area contributed by atoms with Crippen molar-refractivity contribution in [1.29, 1.82) is 0 Å². The molecule has 4 N–H and O–H groups in total. The van der Waals surface area contributed by atoms with Crippen molar-refractivity contribution in [2.45, 2.75) is 56.5 Å². The van der Waals surface area contributed by atoms with E-state index in [-0.39, 0.29) is 41.2 Å². The lowest BCUT2D eigenvalue weighted by molar-refractivity contribution is -0.117. The molecule has 1 fully saturated rings. The lowest BCUT2D eigenvalue weighted by Crippen LogP contribution is -2.30. The number of hydrogen-bond donors (Lipinski definition) is 3. The maximum absolute atomic E-state index is 12.0. The Morgan fingerprint density at radius 3 is 2.38 bits per heavy atom. The van der Waals surface area contributed by atoms with Gasteiger partial charge in [0.2, 0.25) is 15.9 Å². The van der Waals surface area contributed by atoms with Gasteiger partial charge < -0.3 is 11.1 Å². The van der Waals surface area contributed by atoms with Gasteiger partial charge in [-0.1, -0.05) is 6.42 Å². The van der Waals surface area contributed by atoms with Crippen LogP contribution in [0.15, 0.2) is 29.2 Å². The second-order valence-corrected chi connectivity index (χ2v) is 8.12. The van der Waals surface area contributed by atoms with Gasteiger partial charge in [0, 0.05) is 24.2 Å². The molecule has 0 heterocycles. The Bertz CT molecular complexity index is 647. The molecular formula is C16H26ClN3O3S. The van der Waals surface area contributed by atoms with E-state index in [9.17, 15) is 13.2 Å². The molecule has 1 saturated carbocycles.